The summed E-state index contributed by atoms with van der Waals surface area (Å²) in [7, 11) is 0. The van der Waals surface area contributed by atoms with Crippen molar-refractivity contribution in [3.05, 3.63) is 22.8 Å². The Morgan fingerprint density at radius 3 is 2.74 bits per heavy atom. The zero-order valence-electron chi connectivity index (χ0n) is 13.2. The van der Waals surface area contributed by atoms with Crippen LogP contribution in [0.15, 0.2) is 12.3 Å². The third-order valence-electron chi connectivity index (χ3n) is 3.99. The van der Waals surface area contributed by atoms with E-state index in [4.69, 9.17) is 16.7 Å². The van der Waals surface area contributed by atoms with Crippen LogP contribution < -0.4 is 10.6 Å². The topological polar surface area (TPSA) is 94.6 Å². The monoisotopic (exact) mass is 340 g/mol. The molecule has 8 heteroatoms. The summed E-state index contributed by atoms with van der Waals surface area (Å²) in [5.74, 6) is -0.353. The number of nitrogens with one attached hydrogen (secondary N) is 2. The number of carbonyl (C=O) groups excluding carboxylic acids is 1. The third-order valence-corrected chi connectivity index (χ3v) is 4.19. The van der Waals surface area contributed by atoms with Crippen molar-refractivity contribution in [3.63, 3.8) is 0 Å². The summed E-state index contributed by atoms with van der Waals surface area (Å²) in [6.45, 7) is 4.47. The number of rotatable bonds is 6. The highest BCUT2D eigenvalue weighted by molar-refractivity contribution is 6.30. The Morgan fingerprint density at radius 2 is 2.17 bits per heavy atom. The summed E-state index contributed by atoms with van der Waals surface area (Å²) in [4.78, 5) is 28.8. The van der Waals surface area contributed by atoms with Gasteiger partial charge in [-0.15, -0.1) is 0 Å². The molecule has 2 rings (SSSR count). The van der Waals surface area contributed by atoms with Gasteiger partial charge in [-0.1, -0.05) is 18.5 Å². The van der Waals surface area contributed by atoms with Gasteiger partial charge in [0.25, 0.3) is 0 Å². The van der Waals surface area contributed by atoms with Crippen LogP contribution in [0.3, 0.4) is 0 Å². The molecule has 0 aromatic carbocycles. The zero-order chi connectivity index (χ0) is 17.0. The van der Waals surface area contributed by atoms with Gasteiger partial charge < -0.3 is 10.4 Å². The molecule has 3 N–H and O–H groups in total. The van der Waals surface area contributed by atoms with E-state index in [2.05, 4.69) is 15.6 Å². The first-order chi connectivity index (χ1) is 10.9. The van der Waals surface area contributed by atoms with Gasteiger partial charge in [-0.3, -0.25) is 15.0 Å². The second-order valence-electron chi connectivity index (χ2n) is 5.70. The summed E-state index contributed by atoms with van der Waals surface area (Å²) in [6, 6.07) is 1.68. The Hall–Kier alpha value is -1.86. The molecule has 0 unspecified atom stereocenters. The predicted molar refractivity (Wildman–Crippen MR) is 87.8 cm³/mol. The van der Waals surface area contributed by atoms with E-state index in [1.165, 1.54) is 6.20 Å². The van der Waals surface area contributed by atoms with Crippen molar-refractivity contribution < 1.29 is 14.7 Å². The van der Waals surface area contributed by atoms with Crippen molar-refractivity contribution in [1.82, 2.24) is 15.2 Å². The molecule has 0 spiro atoms. The highest BCUT2D eigenvalue weighted by atomic mass is 35.5. The van der Waals surface area contributed by atoms with E-state index in [-0.39, 0.29) is 24.7 Å². The second-order valence-corrected chi connectivity index (χ2v) is 6.13. The van der Waals surface area contributed by atoms with Crippen molar-refractivity contribution in [2.75, 3.05) is 18.4 Å². The summed E-state index contributed by atoms with van der Waals surface area (Å²) in [5.41, 5.74) is 0.790. The van der Waals surface area contributed by atoms with Crippen LogP contribution in [0, 0.1) is 6.92 Å². The fraction of sp³-hybridized carbons (Fsp3) is 0.533. The quantitative estimate of drug-likeness (QED) is 0.737. The van der Waals surface area contributed by atoms with Crippen LogP contribution in [-0.4, -0.2) is 52.2 Å². The molecule has 1 aliphatic rings. The number of carboxylic acids is 1. The van der Waals surface area contributed by atoms with Crippen LogP contribution in [0.5, 0.6) is 0 Å². The minimum absolute atomic E-state index is 0.0357. The molecule has 0 bridgehead atoms. The number of pyridine rings is 1. The number of urea groups is 1. The van der Waals surface area contributed by atoms with E-state index in [9.17, 15) is 9.59 Å². The van der Waals surface area contributed by atoms with Gasteiger partial charge in [0, 0.05) is 18.3 Å². The van der Waals surface area contributed by atoms with Gasteiger partial charge in [0.15, 0.2) is 0 Å². The largest absolute Gasteiger partial charge is 0.480 e. The maximum Gasteiger partial charge on any atom is 0.320 e. The van der Waals surface area contributed by atoms with Gasteiger partial charge in [-0.25, -0.2) is 9.78 Å². The van der Waals surface area contributed by atoms with Gasteiger partial charge in [0.2, 0.25) is 0 Å². The Balaban J connectivity index is 1.78. The van der Waals surface area contributed by atoms with E-state index in [1.807, 2.05) is 18.7 Å². The van der Waals surface area contributed by atoms with E-state index in [1.54, 1.807) is 6.07 Å². The number of carboxylic acid groups (broad SMARTS) is 1. The molecule has 0 aliphatic heterocycles. The van der Waals surface area contributed by atoms with E-state index in [0.29, 0.717) is 17.4 Å². The highest BCUT2D eigenvalue weighted by Crippen LogP contribution is 2.25. The summed E-state index contributed by atoms with van der Waals surface area (Å²) in [5, 5.41) is 15.0. The fourth-order valence-corrected chi connectivity index (χ4v) is 2.89. The van der Waals surface area contributed by atoms with Crippen molar-refractivity contribution >= 4 is 29.4 Å². The summed E-state index contributed by atoms with van der Waals surface area (Å²) >= 11 is 5.83. The lowest BCUT2D eigenvalue weighted by Crippen LogP contribution is -2.55. The number of anilines is 1. The number of aryl methyl sites for hydroxylation is 1. The number of nitrogens with zero attached hydrogens (tertiary/aromatic N) is 2. The van der Waals surface area contributed by atoms with Crippen LogP contribution in [0.2, 0.25) is 5.02 Å². The number of aliphatic carboxylic acids is 1. The molecule has 7 nitrogen and oxygen atoms in total. The van der Waals surface area contributed by atoms with Gasteiger partial charge in [0.1, 0.15) is 5.82 Å². The molecule has 1 saturated carbocycles. The average Bonchev–Trinajstić information content (AvgIpc) is 2.43. The van der Waals surface area contributed by atoms with E-state index >= 15 is 0 Å². The SMILES string of the molecule is CCN(CC(=O)O)C1CC(NC(=O)Nc2ncc(Cl)cc2C)C1. The second kappa shape index (κ2) is 7.61. The van der Waals surface area contributed by atoms with E-state index in [0.717, 1.165) is 18.4 Å². The Morgan fingerprint density at radius 1 is 1.48 bits per heavy atom. The highest BCUT2D eigenvalue weighted by Gasteiger charge is 2.34. The molecule has 0 radical (unpaired) electrons. The normalized spacial score (nSPS) is 20.0. The van der Waals surface area contributed by atoms with Crippen molar-refractivity contribution in [1.29, 1.82) is 0 Å². The van der Waals surface area contributed by atoms with Crippen molar-refractivity contribution in [2.45, 2.75) is 38.8 Å². The number of aromatic nitrogens is 1. The number of hydrogen-bond donors (Lipinski definition) is 3. The van der Waals surface area contributed by atoms with Crippen LogP contribution in [0.1, 0.15) is 25.3 Å². The van der Waals surface area contributed by atoms with E-state index < -0.39 is 5.97 Å². The molecule has 1 aromatic heterocycles. The Labute approximate surface area is 140 Å². The van der Waals surface area contributed by atoms with Crippen molar-refractivity contribution in [3.8, 4) is 0 Å². The number of likely N-dealkylation sites (N-methyl/N-ethyl adjacent to an activating group) is 1. The standard InChI is InChI=1S/C15H21ClN4O3/c1-3-20(8-13(21)22)12-5-11(6-12)18-15(23)19-14-9(2)4-10(16)7-17-14/h4,7,11-12H,3,5-6,8H2,1-2H3,(H,21,22)(H2,17,18,19,23). The molecule has 1 aliphatic carbocycles. The molecule has 0 saturated heterocycles. The Kier molecular flexibility index (Phi) is 5.79. The molecule has 23 heavy (non-hydrogen) atoms. The van der Waals surface area contributed by atoms with Crippen LogP contribution in [0.4, 0.5) is 10.6 Å². The molecular formula is C15H21ClN4O3. The number of amides is 2. The number of halogens is 1. The summed E-state index contributed by atoms with van der Waals surface area (Å²) in [6.07, 6.45) is 2.98. The minimum atomic E-state index is -0.828. The Bertz CT molecular complexity index is 590. The van der Waals surface area contributed by atoms with Crippen LogP contribution >= 0.6 is 11.6 Å². The predicted octanol–water partition coefficient (Wildman–Crippen LogP) is 2.10. The first-order valence-corrected chi connectivity index (χ1v) is 7.92. The zero-order valence-corrected chi connectivity index (χ0v) is 13.9. The summed E-state index contributed by atoms with van der Waals surface area (Å²) < 4.78 is 0. The first-order valence-electron chi connectivity index (χ1n) is 7.54. The number of hydrogen-bond acceptors (Lipinski definition) is 4. The molecule has 0 atom stereocenters. The molecule has 1 aromatic rings. The van der Waals surface area contributed by atoms with Crippen LogP contribution in [-0.2, 0) is 4.79 Å². The molecule has 1 heterocycles. The van der Waals surface area contributed by atoms with Gasteiger partial charge >= 0.3 is 12.0 Å². The average molecular weight is 341 g/mol. The molecule has 126 valence electrons. The van der Waals surface area contributed by atoms with Gasteiger partial charge in [-0.05, 0) is 37.9 Å². The van der Waals surface area contributed by atoms with Gasteiger partial charge in [0.05, 0.1) is 11.6 Å². The lowest BCUT2D eigenvalue weighted by Gasteiger charge is -2.42. The maximum absolute atomic E-state index is 12.0. The number of carbonyl (C=O) groups is 2. The van der Waals surface area contributed by atoms with Crippen LogP contribution in [0.25, 0.3) is 0 Å². The lowest BCUT2D eigenvalue weighted by molar-refractivity contribution is -0.139. The lowest BCUT2D eigenvalue weighted by atomic mass is 9.85. The first kappa shape index (κ1) is 17.5. The van der Waals surface area contributed by atoms with Gasteiger partial charge in [-0.2, -0.15) is 0 Å². The molecule has 2 amide bonds. The fourth-order valence-electron chi connectivity index (χ4n) is 2.68. The smallest absolute Gasteiger partial charge is 0.320 e. The maximum atomic E-state index is 12.0. The molecular weight excluding hydrogens is 320 g/mol. The van der Waals surface area contributed by atoms with Crippen molar-refractivity contribution in [2.24, 2.45) is 0 Å². The minimum Gasteiger partial charge on any atom is -0.480 e. The third kappa shape index (κ3) is 4.80. The molecule has 1 fully saturated rings.